The van der Waals surface area contributed by atoms with E-state index in [2.05, 4.69) is 5.32 Å². The maximum atomic E-state index is 12.8. The van der Waals surface area contributed by atoms with Crippen LogP contribution in [-0.4, -0.2) is 24.5 Å². The van der Waals surface area contributed by atoms with E-state index in [-0.39, 0.29) is 11.8 Å². The van der Waals surface area contributed by atoms with Crippen molar-refractivity contribution in [3.8, 4) is 5.75 Å². The topological polar surface area (TPSA) is 58.6 Å². The van der Waals surface area contributed by atoms with Crippen molar-refractivity contribution < 1.29 is 14.3 Å². The predicted octanol–water partition coefficient (Wildman–Crippen LogP) is 4.76. The van der Waals surface area contributed by atoms with Gasteiger partial charge in [-0.1, -0.05) is 43.3 Å². The van der Waals surface area contributed by atoms with E-state index in [0.717, 1.165) is 29.4 Å². The van der Waals surface area contributed by atoms with Gasteiger partial charge in [-0.15, -0.1) is 0 Å². The van der Waals surface area contributed by atoms with Crippen molar-refractivity contribution in [2.45, 2.75) is 32.3 Å². The second-order valence-electron chi connectivity index (χ2n) is 7.18. The highest BCUT2D eigenvalue weighted by Gasteiger charge is 2.22. The maximum absolute atomic E-state index is 12.8. The van der Waals surface area contributed by atoms with Crippen LogP contribution >= 0.6 is 0 Å². The summed E-state index contributed by atoms with van der Waals surface area (Å²) >= 11 is 0. The minimum absolute atomic E-state index is 0.149. The molecule has 0 bridgehead atoms. The molecule has 0 spiro atoms. The van der Waals surface area contributed by atoms with Crippen LogP contribution in [0.1, 0.15) is 26.2 Å². The van der Waals surface area contributed by atoms with Crippen LogP contribution in [0.5, 0.6) is 5.75 Å². The van der Waals surface area contributed by atoms with Crippen LogP contribution in [-0.2, 0) is 9.59 Å². The van der Waals surface area contributed by atoms with Gasteiger partial charge in [-0.2, -0.15) is 0 Å². The Morgan fingerprint density at radius 1 is 1.07 bits per heavy atom. The van der Waals surface area contributed by atoms with Crippen molar-refractivity contribution in [2.75, 3.05) is 16.8 Å². The standard InChI is InChI=1S/C24H24N2O3/c1-2-21(29-22-10-5-8-17-7-3-4-9-20(17)22)24(28)25-18-12-14-19(15-13-18)26-16-6-11-23(26)27/h3-5,7-10,12-15,21H,2,6,11,16H2,1H3,(H,25,28)/t21-/m0/s1. The first-order valence-corrected chi connectivity index (χ1v) is 10.0. The van der Waals surface area contributed by atoms with E-state index in [1.807, 2.05) is 73.7 Å². The number of rotatable bonds is 6. The Hall–Kier alpha value is -3.34. The molecule has 0 saturated carbocycles. The average molecular weight is 388 g/mol. The normalized spacial score (nSPS) is 14.8. The van der Waals surface area contributed by atoms with Gasteiger partial charge in [0.25, 0.3) is 5.91 Å². The molecule has 3 aromatic carbocycles. The lowest BCUT2D eigenvalue weighted by Gasteiger charge is -2.19. The first-order chi connectivity index (χ1) is 14.2. The zero-order chi connectivity index (χ0) is 20.2. The first kappa shape index (κ1) is 19.0. The molecule has 1 aliphatic rings. The Morgan fingerprint density at radius 3 is 2.55 bits per heavy atom. The Balaban J connectivity index is 1.45. The van der Waals surface area contributed by atoms with Crippen molar-refractivity contribution in [1.82, 2.24) is 0 Å². The van der Waals surface area contributed by atoms with Gasteiger partial charge in [0, 0.05) is 29.7 Å². The van der Waals surface area contributed by atoms with Gasteiger partial charge in [0.1, 0.15) is 5.75 Å². The van der Waals surface area contributed by atoms with Crippen LogP contribution in [0.2, 0.25) is 0 Å². The molecule has 1 heterocycles. The summed E-state index contributed by atoms with van der Waals surface area (Å²) in [5, 5.41) is 4.99. The summed E-state index contributed by atoms with van der Waals surface area (Å²) in [7, 11) is 0. The van der Waals surface area contributed by atoms with E-state index in [4.69, 9.17) is 4.74 Å². The molecule has 1 N–H and O–H groups in total. The van der Waals surface area contributed by atoms with Crippen molar-refractivity contribution in [2.24, 2.45) is 0 Å². The third kappa shape index (κ3) is 4.09. The number of fused-ring (bicyclic) bond motifs is 1. The maximum Gasteiger partial charge on any atom is 0.265 e. The van der Waals surface area contributed by atoms with Crippen LogP contribution in [0, 0.1) is 0 Å². The van der Waals surface area contributed by atoms with E-state index in [1.54, 1.807) is 4.90 Å². The number of nitrogens with zero attached hydrogens (tertiary/aromatic N) is 1. The molecule has 0 unspecified atom stereocenters. The molecule has 1 aliphatic heterocycles. The highest BCUT2D eigenvalue weighted by molar-refractivity contribution is 5.97. The molecule has 1 atom stereocenters. The van der Waals surface area contributed by atoms with Crippen LogP contribution in [0.3, 0.4) is 0 Å². The molecule has 5 nitrogen and oxygen atoms in total. The summed E-state index contributed by atoms with van der Waals surface area (Å²) in [5.41, 5.74) is 1.55. The van der Waals surface area contributed by atoms with Crippen molar-refractivity contribution in [1.29, 1.82) is 0 Å². The Bertz CT molecular complexity index is 1020. The fraction of sp³-hybridized carbons (Fsp3) is 0.250. The molecule has 0 aliphatic carbocycles. The molecule has 0 radical (unpaired) electrons. The second-order valence-corrected chi connectivity index (χ2v) is 7.18. The molecule has 2 amide bonds. The highest BCUT2D eigenvalue weighted by atomic mass is 16.5. The van der Waals surface area contributed by atoms with Crippen LogP contribution in [0.25, 0.3) is 10.8 Å². The van der Waals surface area contributed by atoms with E-state index in [0.29, 0.717) is 24.3 Å². The Labute approximate surface area is 170 Å². The molecular formula is C24H24N2O3. The zero-order valence-corrected chi connectivity index (χ0v) is 16.4. The second kappa shape index (κ2) is 8.35. The smallest absolute Gasteiger partial charge is 0.265 e. The molecule has 1 saturated heterocycles. The summed E-state index contributed by atoms with van der Waals surface area (Å²) in [6, 6.07) is 21.2. The van der Waals surface area contributed by atoms with Gasteiger partial charge in [0.05, 0.1) is 0 Å². The zero-order valence-electron chi connectivity index (χ0n) is 16.4. The van der Waals surface area contributed by atoms with Gasteiger partial charge in [-0.25, -0.2) is 0 Å². The third-order valence-electron chi connectivity index (χ3n) is 5.20. The number of hydrogen-bond acceptors (Lipinski definition) is 3. The van der Waals surface area contributed by atoms with Gasteiger partial charge in [-0.3, -0.25) is 9.59 Å². The molecule has 29 heavy (non-hydrogen) atoms. The first-order valence-electron chi connectivity index (χ1n) is 10.0. The van der Waals surface area contributed by atoms with Crippen molar-refractivity contribution >= 4 is 34.0 Å². The van der Waals surface area contributed by atoms with E-state index >= 15 is 0 Å². The predicted molar refractivity (Wildman–Crippen MR) is 115 cm³/mol. The van der Waals surface area contributed by atoms with E-state index in [1.165, 1.54) is 0 Å². The minimum Gasteiger partial charge on any atom is -0.480 e. The van der Waals surface area contributed by atoms with Gasteiger partial charge in [0.2, 0.25) is 5.91 Å². The van der Waals surface area contributed by atoms with Crippen LogP contribution in [0.15, 0.2) is 66.7 Å². The Kier molecular flexibility index (Phi) is 5.47. The quantitative estimate of drug-likeness (QED) is 0.662. The van der Waals surface area contributed by atoms with Gasteiger partial charge < -0.3 is 15.0 Å². The Morgan fingerprint density at radius 2 is 1.83 bits per heavy atom. The number of benzene rings is 3. The van der Waals surface area contributed by atoms with Crippen LogP contribution in [0.4, 0.5) is 11.4 Å². The fourth-order valence-electron chi connectivity index (χ4n) is 3.64. The number of amides is 2. The number of carbonyl (C=O) groups excluding carboxylic acids is 2. The molecule has 0 aromatic heterocycles. The number of hydrogen-bond donors (Lipinski definition) is 1. The minimum atomic E-state index is -0.597. The monoisotopic (exact) mass is 388 g/mol. The van der Waals surface area contributed by atoms with Crippen molar-refractivity contribution in [3.05, 3.63) is 66.7 Å². The van der Waals surface area contributed by atoms with Gasteiger partial charge in [0.15, 0.2) is 6.10 Å². The fourth-order valence-corrected chi connectivity index (χ4v) is 3.64. The largest absolute Gasteiger partial charge is 0.480 e. The summed E-state index contributed by atoms with van der Waals surface area (Å²) in [6.07, 6.45) is 1.44. The molecule has 148 valence electrons. The molecule has 3 aromatic rings. The summed E-state index contributed by atoms with van der Waals surface area (Å²) < 4.78 is 6.07. The van der Waals surface area contributed by atoms with Crippen molar-refractivity contribution in [3.63, 3.8) is 0 Å². The number of ether oxygens (including phenoxy) is 1. The lowest BCUT2D eigenvalue weighted by atomic mass is 10.1. The number of anilines is 2. The third-order valence-corrected chi connectivity index (χ3v) is 5.20. The van der Waals surface area contributed by atoms with Gasteiger partial charge in [-0.05, 0) is 48.6 Å². The van der Waals surface area contributed by atoms with Gasteiger partial charge >= 0.3 is 0 Å². The summed E-state index contributed by atoms with van der Waals surface area (Å²) in [4.78, 5) is 26.4. The number of carbonyl (C=O) groups is 2. The lowest BCUT2D eigenvalue weighted by molar-refractivity contribution is -0.122. The molecule has 1 fully saturated rings. The lowest BCUT2D eigenvalue weighted by Crippen LogP contribution is -2.32. The molecular weight excluding hydrogens is 364 g/mol. The number of nitrogens with one attached hydrogen (secondary N) is 1. The van der Waals surface area contributed by atoms with Crippen LogP contribution < -0.4 is 15.0 Å². The molecule has 5 heteroatoms. The average Bonchev–Trinajstić information content (AvgIpc) is 3.18. The summed E-state index contributed by atoms with van der Waals surface area (Å²) in [6.45, 7) is 2.68. The van der Waals surface area contributed by atoms with E-state index < -0.39 is 6.10 Å². The SMILES string of the molecule is CC[C@H](Oc1cccc2ccccc12)C(=O)Nc1ccc(N2CCCC2=O)cc1. The highest BCUT2D eigenvalue weighted by Crippen LogP contribution is 2.27. The van der Waals surface area contributed by atoms with E-state index in [9.17, 15) is 9.59 Å². The summed E-state index contributed by atoms with van der Waals surface area (Å²) in [5.74, 6) is 0.662. The molecule has 4 rings (SSSR count).